The van der Waals surface area contributed by atoms with Gasteiger partial charge in [-0.15, -0.1) is 0 Å². The highest BCUT2D eigenvalue weighted by Crippen LogP contribution is 2.25. The molecule has 0 fully saturated rings. The van der Waals surface area contributed by atoms with Crippen LogP contribution in [0.3, 0.4) is 0 Å². The van der Waals surface area contributed by atoms with Crippen LogP contribution in [0.4, 0.5) is 0 Å². The minimum absolute atomic E-state index is 0.756. The van der Waals surface area contributed by atoms with Crippen LogP contribution in [-0.2, 0) is 0 Å². The Morgan fingerprint density at radius 2 is 1.53 bits per heavy atom. The van der Waals surface area contributed by atoms with E-state index in [4.69, 9.17) is 4.42 Å². The highest BCUT2D eigenvalue weighted by Gasteiger charge is 2.07. The number of rotatable bonds is 2. The molecule has 82 valence electrons. The van der Waals surface area contributed by atoms with Gasteiger partial charge in [0.15, 0.2) is 5.76 Å². The van der Waals surface area contributed by atoms with E-state index in [-0.39, 0.29) is 0 Å². The van der Waals surface area contributed by atoms with Gasteiger partial charge in [0.25, 0.3) is 0 Å². The highest BCUT2D eigenvalue weighted by molar-refractivity contribution is 5.65. The first-order valence-electron chi connectivity index (χ1n) is 5.35. The van der Waals surface area contributed by atoms with E-state index in [9.17, 15) is 0 Å². The van der Waals surface area contributed by atoms with Crippen molar-refractivity contribution in [1.82, 2.24) is 9.97 Å². The summed E-state index contributed by atoms with van der Waals surface area (Å²) in [5.74, 6) is 0.756. The van der Waals surface area contributed by atoms with Crippen LogP contribution in [0.25, 0.3) is 22.7 Å². The predicted molar refractivity (Wildman–Crippen MR) is 65.2 cm³/mol. The second-order valence-electron chi connectivity index (χ2n) is 3.63. The van der Waals surface area contributed by atoms with Gasteiger partial charge in [0.2, 0.25) is 0 Å². The van der Waals surface area contributed by atoms with Crippen LogP contribution in [0.1, 0.15) is 0 Å². The van der Waals surface area contributed by atoms with Crippen molar-refractivity contribution in [3.63, 3.8) is 0 Å². The third-order valence-electron chi connectivity index (χ3n) is 2.48. The summed E-state index contributed by atoms with van der Waals surface area (Å²) in [6, 6.07) is 13.5. The van der Waals surface area contributed by atoms with Crippen LogP contribution in [-0.4, -0.2) is 9.97 Å². The minimum atomic E-state index is 0.756. The van der Waals surface area contributed by atoms with E-state index in [2.05, 4.69) is 9.97 Å². The van der Waals surface area contributed by atoms with Crippen molar-refractivity contribution in [2.45, 2.75) is 0 Å². The predicted octanol–water partition coefficient (Wildman–Crippen LogP) is 3.40. The van der Waals surface area contributed by atoms with E-state index in [1.165, 1.54) is 0 Å². The summed E-state index contributed by atoms with van der Waals surface area (Å²) in [7, 11) is 0. The van der Waals surface area contributed by atoms with E-state index in [0.717, 1.165) is 22.7 Å². The van der Waals surface area contributed by atoms with E-state index in [1.54, 1.807) is 18.7 Å². The lowest BCUT2D eigenvalue weighted by atomic mass is 10.2. The largest absolute Gasteiger partial charge is 0.462 e. The van der Waals surface area contributed by atoms with Crippen LogP contribution >= 0.6 is 0 Å². The third-order valence-corrected chi connectivity index (χ3v) is 2.48. The van der Waals surface area contributed by atoms with E-state index in [1.807, 2.05) is 42.5 Å². The summed E-state index contributed by atoms with van der Waals surface area (Å²) >= 11 is 0. The molecule has 3 nitrogen and oxygen atoms in total. The molecular formula is C14H10N2O. The number of aromatic nitrogens is 2. The van der Waals surface area contributed by atoms with Crippen LogP contribution in [0.15, 0.2) is 65.5 Å². The molecule has 0 radical (unpaired) electrons. The third kappa shape index (κ3) is 1.95. The number of pyridine rings is 2. The minimum Gasteiger partial charge on any atom is -0.462 e. The number of hydrogen-bond donors (Lipinski definition) is 0. The molecule has 3 heterocycles. The van der Waals surface area contributed by atoms with Gasteiger partial charge in [-0.2, -0.15) is 0 Å². The Morgan fingerprint density at radius 3 is 2.18 bits per heavy atom. The van der Waals surface area contributed by atoms with Crippen LogP contribution in [0, 0.1) is 0 Å². The monoisotopic (exact) mass is 222 g/mol. The van der Waals surface area contributed by atoms with E-state index >= 15 is 0 Å². The van der Waals surface area contributed by atoms with Gasteiger partial charge >= 0.3 is 0 Å². The molecular weight excluding hydrogens is 212 g/mol. The Bertz CT molecular complexity index is 548. The lowest BCUT2D eigenvalue weighted by molar-refractivity contribution is 0.580. The second-order valence-corrected chi connectivity index (χ2v) is 3.63. The molecule has 0 bridgehead atoms. The normalized spacial score (nSPS) is 10.4. The molecule has 0 aromatic carbocycles. The summed E-state index contributed by atoms with van der Waals surface area (Å²) in [6.45, 7) is 0. The zero-order chi connectivity index (χ0) is 11.5. The summed E-state index contributed by atoms with van der Waals surface area (Å²) < 4.78 is 5.50. The van der Waals surface area contributed by atoms with Crippen molar-refractivity contribution in [3.8, 4) is 22.7 Å². The first kappa shape index (κ1) is 9.78. The topological polar surface area (TPSA) is 38.9 Å². The molecule has 0 aliphatic heterocycles. The highest BCUT2D eigenvalue weighted by atomic mass is 16.3. The Balaban J connectivity index is 1.99. The van der Waals surface area contributed by atoms with Crippen LogP contribution in [0.5, 0.6) is 0 Å². The van der Waals surface area contributed by atoms with Gasteiger partial charge in [-0.25, -0.2) is 0 Å². The fourth-order valence-corrected chi connectivity index (χ4v) is 1.65. The van der Waals surface area contributed by atoms with Gasteiger partial charge in [0.05, 0.1) is 5.69 Å². The number of hydrogen-bond acceptors (Lipinski definition) is 3. The van der Waals surface area contributed by atoms with Gasteiger partial charge in [-0.05, 0) is 30.3 Å². The molecule has 0 atom stereocenters. The first-order valence-corrected chi connectivity index (χ1v) is 5.35. The fourth-order valence-electron chi connectivity index (χ4n) is 1.65. The SMILES string of the molecule is c1ccc(-c2coc(-c3ccccn3)c2)nc1. The van der Waals surface area contributed by atoms with Crippen molar-refractivity contribution < 1.29 is 4.42 Å². The quantitative estimate of drug-likeness (QED) is 0.667. The zero-order valence-electron chi connectivity index (χ0n) is 9.08. The summed E-state index contributed by atoms with van der Waals surface area (Å²) in [5, 5.41) is 0. The lowest BCUT2D eigenvalue weighted by Gasteiger charge is -1.93. The van der Waals surface area contributed by atoms with Crippen molar-refractivity contribution >= 4 is 0 Å². The maximum absolute atomic E-state index is 5.50. The van der Waals surface area contributed by atoms with Gasteiger partial charge in [-0.1, -0.05) is 12.1 Å². The molecule has 0 saturated heterocycles. The average molecular weight is 222 g/mol. The molecule has 0 aliphatic rings. The van der Waals surface area contributed by atoms with Gasteiger partial charge in [0, 0.05) is 18.0 Å². The average Bonchev–Trinajstić information content (AvgIpc) is 2.90. The van der Waals surface area contributed by atoms with Crippen LogP contribution < -0.4 is 0 Å². The van der Waals surface area contributed by atoms with Crippen molar-refractivity contribution in [2.75, 3.05) is 0 Å². The molecule has 0 amide bonds. The van der Waals surface area contributed by atoms with Gasteiger partial charge < -0.3 is 4.42 Å². The van der Waals surface area contributed by atoms with Crippen LogP contribution in [0.2, 0.25) is 0 Å². The Morgan fingerprint density at radius 1 is 0.824 bits per heavy atom. The molecule has 3 aromatic heterocycles. The lowest BCUT2D eigenvalue weighted by Crippen LogP contribution is -1.79. The maximum atomic E-state index is 5.50. The van der Waals surface area contributed by atoms with E-state index < -0.39 is 0 Å². The first-order chi connectivity index (χ1) is 8.43. The zero-order valence-corrected chi connectivity index (χ0v) is 9.08. The summed E-state index contributed by atoms with van der Waals surface area (Å²) in [5.41, 5.74) is 2.69. The van der Waals surface area contributed by atoms with Crippen molar-refractivity contribution in [3.05, 3.63) is 61.1 Å². The molecule has 17 heavy (non-hydrogen) atoms. The molecule has 0 saturated carbocycles. The Hall–Kier alpha value is -2.42. The molecule has 0 spiro atoms. The number of furan rings is 1. The Kier molecular flexibility index (Phi) is 2.43. The number of nitrogens with zero attached hydrogens (tertiary/aromatic N) is 2. The molecule has 3 heteroatoms. The molecule has 0 unspecified atom stereocenters. The molecule has 3 aromatic rings. The smallest absolute Gasteiger partial charge is 0.152 e. The Labute approximate surface area is 98.8 Å². The summed E-state index contributed by atoms with van der Waals surface area (Å²) in [4.78, 5) is 8.52. The molecule has 3 rings (SSSR count). The second kappa shape index (κ2) is 4.22. The van der Waals surface area contributed by atoms with Gasteiger partial charge in [-0.3, -0.25) is 9.97 Å². The standard InChI is InChI=1S/C14H10N2O/c1-3-7-15-12(5-1)11-9-14(17-10-11)13-6-2-4-8-16-13/h1-10H. The fraction of sp³-hybridized carbons (Fsp3) is 0. The molecule has 0 aliphatic carbocycles. The van der Waals surface area contributed by atoms with Gasteiger partial charge in [0.1, 0.15) is 12.0 Å². The summed E-state index contributed by atoms with van der Waals surface area (Å²) in [6.07, 6.45) is 5.22. The molecule has 0 N–H and O–H groups in total. The maximum Gasteiger partial charge on any atom is 0.152 e. The van der Waals surface area contributed by atoms with Crippen molar-refractivity contribution in [2.24, 2.45) is 0 Å². The van der Waals surface area contributed by atoms with Crippen molar-refractivity contribution in [1.29, 1.82) is 0 Å². The van der Waals surface area contributed by atoms with E-state index in [0.29, 0.717) is 0 Å².